The number of aryl methyl sites for hydroxylation is 1. The van der Waals surface area contributed by atoms with Gasteiger partial charge < -0.3 is 9.67 Å². The molecule has 0 amide bonds. The molecule has 1 aromatic heterocycles. The molecular weight excluding hydrogens is 286 g/mol. The summed E-state index contributed by atoms with van der Waals surface area (Å²) in [7, 11) is 0. The summed E-state index contributed by atoms with van der Waals surface area (Å²) in [6, 6.07) is 6.81. The van der Waals surface area contributed by atoms with Crippen molar-refractivity contribution < 1.29 is 9.90 Å². The van der Waals surface area contributed by atoms with E-state index in [1.807, 2.05) is 6.07 Å². The molecule has 1 N–H and O–H groups in total. The third-order valence-corrected chi connectivity index (χ3v) is 3.15. The monoisotopic (exact) mass is 295 g/mol. The second-order valence-corrected chi connectivity index (χ2v) is 4.51. The van der Waals surface area contributed by atoms with Crippen molar-refractivity contribution in [2.24, 2.45) is 0 Å². The first-order valence-corrected chi connectivity index (χ1v) is 5.88. The van der Waals surface area contributed by atoms with Gasteiger partial charge in [-0.25, -0.2) is 0 Å². The fourth-order valence-electron chi connectivity index (χ4n) is 1.73. The highest BCUT2D eigenvalue weighted by Gasteiger charge is 2.07. The zero-order valence-electron chi connectivity index (χ0n) is 8.89. The molecule has 1 heterocycles. The largest absolute Gasteiger partial charge is 0.481 e. The predicted molar refractivity (Wildman–Crippen MR) is 68.2 cm³/mol. The molecule has 0 aliphatic carbocycles. The molecule has 0 unspecified atom stereocenters. The minimum absolute atomic E-state index is 0.0271. The average molecular weight is 296 g/mol. The maximum atomic E-state index is 11.7. The number of para-hydroxylation sites is 1. The van der Waals surface area contributed by atoms with Gasteiger partial charge in [-0.05, 0) is 28.1 Å². The number of nitrogens with zero attached hydrogens (tertiary/aromatic N) is 1. The van der Waals surface area contributed by atoms with Crippen LogP contribution >= 0.6 is 15.9 Å². The second-order valence-electron chi connectivity index (χ2n) is 3.65. The number of benzene rings is 1. The van der Waals surface area contributed by atoms with Gasteiger partial charge in [0.05, 0.1) is 11.9 Å². The van der Waals surface area contributed by atoms with Gasteiger partial charge in [0.15, 0.2) is 5.43 Å². The fourth-order valence-corrected chi connectivity index (χ4v) is 2.32. The highest BCUT2D eigenvalue weighted by atomic mass is 79.9. The summed E-state index contributed by atoms with van der Waals surface area (Å²) in [5.41, 5.74) is 0.675. The number of aliphatic carboxylic acids is 1. The summed E-state index contributed by atoms with van der Waals surface area (Å²) in [4.78, 5) is 22.2. The number of hydrogen-bond acceptors (Lipinski definition) is 2. The topological polar surface area (TPSA) is 59.3 Å². The molecule has 0 atom stereocenters. The Kier molecular flexibility index (Phi) is 3.28. The molecule has 88 valence electrons. The highest BCUT2D eigenvalue weighted by Crippen LogP contribution is 2.21. The van der Waals surface area contributed by atoms with E-state index in [1.165, 1.54) is 6.07 Å². The van der Waals surface area contributed by atoms with Crippen molar-refractivity contribution in [1.29, 1.82) is 0 Å². The number of fused-ring (bicyclic) bond motifs is 1. The maximum absolute atomic E-state index is 11.7. The Hall–Kier alpha value is -1.62. The van der Waals surface area contributed by atoms with Gasteiger partial charge in [-0.2, -0.15) is 0 Å². The summed E-state index contributed by atoms with van der Waals surface area (Å²) in [5, 5.41) is 9.27. The van der Waals surface area contributed by atoms with Crippen LogP contribution < -0.4 is 5.43 Å². The number of halogens is 1. The van der Waals surface area contributed by atoms with Gasteiger partial charge in [-0.15, -0.1) is 0 Å². The molecule has 0 bridgehead atoms. The van der Waals surface area contributed by atoms with Gasteiger partial charge >= 0.3 is 5.97 Å². The maximum Gasteiger partial charge on any atom is 0.305 e. The van der Waals surface area contributed by atoms with Crippen molar-refractivity contribution in [3.05, 3.63) is 45.2 Å². The third-order valence-electron chi connectivity index (χ3n) is 2.51. The molecule has 0 saturated carbocycles. The van der Waals surface area contributed by atoms with E-state index in [-0.39, 0.29) is 11.8 Å². The molecule has 0 radical (unpaired) electrons. The molecule has 0 fully saturated rings. The normalized spacial score (nSPS) is 10.6. The van der Waals surface area contributed by atoms with Crippen LogP contribution in [-0.2, 0) is 11.3 Å². The third kappa shape index (κ3) is 2.39. The van der Waals surface area contributed by atoms with Crippen molar-refractivity contribution in [2.45, 2.75) is 13.0 Å². The summed E-state index contributed by atoms with van der Waals surface area (Å²) in [5.74, 6) is -0.857. The quantitative estimate of drug-likeness (QED) is 0.945. The van der Waals surface area contributed by atoms with Crippen LogP contribution in [0.25, 0.3) is 10.9 Å². The smallest absolute Gasteiger partial charge is 0.305 e. The van der Waals surface area contributed by atoms with Gasteiger partial charge in [0, 0.05) is 28.7 Å². The van der Waals surface area contributed by atoms with Gasteiger partial charge in [0.25, 0.3) is 0 Å². The Morgan fingerprint density at radius 2 is 2.12 bits per heavy atom. The Morgan fingerprint density at radius 1 is 1.35 bits per heavy atom. The first-order chi connectivity index (χ1) is 8.09. The molecule has 2 aromatic rings. The second kappa shape index (κ2) is 4.71. The lowest BCUT2D eigenvalue weighted by molar-refractivity contribution is -0.137. The Balaban J connectivity index is 2.60. The molecule has 0 aliphatic heterocycles. The molecule has 1 aromatic carbocycles. The van der Waals surface area contributed by atoms with E-state index in [9.17, 15) is 9.59 Å². The summed E-state index contributed by atoms with van der Waals surface area (Å²) in [6.07, 6.45) is 1.65. The van der Waals surface area contributed by atoms with Crippen LogP contribution in [0.4, 0.5) is 0 Å². The fraction of sp³-hybridized carbons (Fsp3) is 0.167. The van der Waals surface area contributed by atoms with Crippen LogP contribution in [0, 0.1) is 0 Å². The zero-order valence-corrected chi connectivity index (χ0v) is 10.5. The number of carbonyl (C=O) groups is 1. The van der Waals surface area contributed by atoms with E-state index in [1.54, 1.807) is 22.9 Å². The lowest BCUT2D eigenvalue weighted by Gasteiger charge is -2.10. The van der Waals surface area contributed by atoms with Crippen LogP contribution in [-0.4, -0.2) is 15.6 Å². The number of hydrogen-bond donors (Lipinski definition) is 1. The number of rotatable bonds is 3. The van der Waals surface area contributed by atoms with Crippen LogP contribution in [0.2, 0.25) is 0 Å². The van der Waals surface area contributed by atoms with Gasteiger partial charge in [-0.3, -0.25) is 9.59 Å². The van der Waals surface area contributed by atoms with E-state index in [2.05, 4.69) is 15.9 Å². The molecule has 2 rings (SSSR count). The van der Waals surface area contributed by atoms with Gasteiger partial charge in [-0.1, -0.05) is 6.07 Å². The van der Waals surface area contributed by atoms with E-state index in [4.69, 9.17) is 5.11 Å². The number of aromatic nitrogens is 1. The SMILES string of the molecule is O=C(O)CCn1ccc(=O)c2cccc(Br)c21. The minimum atomic E-state index is -0.857. The van der Waals surface area contributed by atoms with E-state index < -0.39 is 5.97 Å². The standard InChI is InChI=1S/C12H10BrNO3/c13-9-3-1-2-8-10(15)4-6-14(12(8)9)7-5-11(16)17/h1-4,6H,5,7H2,(H,16,17). The number of carboxylic acids is 1. The van der Waals surface area contributed by atoms with Gasteiger partial charge in [0.2, 0.25) is 0 Å². The van der Waals surface area contributed by atoms with Crippen molar-refractivity contribution in [3.63, 3.8) is 0 Å². The van der Waals surface area contributed by atoms with Crippen LogP contribution in [0.1, 0.15) is 6.42 Å². The molecule has 4 nitrogen and oxygen atoms in total. The van der Waals surface area contributed by atoms with E-state index in [0.29, 0.717) is 11.9 Å². The van der Waals surface area contributed by atoms with Crippen molar-refractivity contribution in [2.75, 3.05) is 0 Å². The lowest BCUT2D eigenvalue weighted by Crippen LogP contribution is -2.10. The molecule has 0 aliphatic rings. The molecule has 0 saturated heterocycles. The van der Waals surface area contributed by atoms with E-state index >= 15 is 0 Å². The average Bonchev–Trinajstić information content (AvgIpc) is 2.29. The predicted octanol–water partition coefficient (Wildman–Crippen LogP) is 2.24. The molecule has 0 spiro atoms. The minimum Gasteiger partial charge on any atom is -0.481 e. The first kappa shape index (κ1) is 11.9. The highest BCUT2D eigenvalue weighted by molar-refractivity contribution is 9.10. The summed E-state index contributed by atoms with van der Waals surface area (Å²) in [6.45, 7) is 0.342. The van der Waals surface area contributed by atoms with Gasteiger partial charge in [0.1, 0.15) is 0 Å². The molecule has 17 heavy (non-hydrogen) atoms. The Morgan fingerprint density at radius 3 is 2.82 bits per heavy atom. The summed E-state index contributed by atoms with van der Waals surface area (Å²) < 4.78 is 2.56. The molecular formula is C12H10BrNO3. The lowest BCUT2D eigenvalue weighted by atomic mass is 10.2. The van der Waals surface area contributed by atoms with Crippen LogP contribution in [0.5, 0.6) is 0 Å². The van der Waals surface area contributed by atoms with Crippen LogP contribution in [0.3, 0.4) is 0 Å². The van der Waals surface area contributed by atoms with E-state index in [0.717, 1.165) is 9.99 Å². The van der Waals surface area contributed by atoms with Crippen molar-refractivity contribution in [1.82, 2.24) is 4.57 Å². The summed E-state index contributed by atoms with van der Waals surface area (Å²) >= 11 is 3.38. The van der Waals surface area contributed by atoms with Crippen LogP contribution in [0.15, 0.2) is 39.7 Å². The first-order valence-electron chi connectivity index (χ1n) is 5.09. The molecule has 5 heteroatoms. The van der Waals surface area contributed by atoms with Crippen molar-refractivity contribution in [3.8, 4) is 0 Å². The number of pyridine rings is 1. The van der Waals surface area contributed by atoms with Crippen molar-refractivity contribution >= 4 is 32.8 Å². The Bertz CT molecular complexity index is 633. The zero-order chi connectivity index (χ0) is 12.4. The Labute approximate surface area is 106 Å². The number of carboxylic acid groups (broad SMARTS) is 1.